The lowest BCUT2D eigenvalue weighted by Crippen LogP contribution is -2.59. The number of carbonyl (C=O) groups is 1. The third-order valence-corrected chi connectivity index (χ3v) is 8.18. The van der Waals surface area contributed by atoms with E-state index in [1.54, 1.807) is 11.6 Å². The maximum Gasteiger partial charge on any atom is 0.280 e. The Hall–Kier alpha value is -1.63. The normalized spacial score (nSPS) is 20.8. The highest BCUT2D eigenvalue weighted by molar-refractivity contribution is 7.87. The Labute approximate surface area is 203 Å². The van der Waals surface area contributed by atoms with Gasteiger partial charge in [-0.15, -0.1) is 11.3 Å². The lowest BCUT2D eigenvalue weighted by atomic mass is 10.1. The van der Waals surface area contributed by atoms with Crippen LogP contribution in [0.15, 0.2) is 29.8 Å². The van der Waals surface area contributed by atoms with E-state index in [1.165, 1.54) is 27.8 Å². The van der Waals surface area contributed by atoms with E-state index in [0.29, 0.717) is 17.2 Å². The van der Waals surface area contributed by atoms with E-state index < -0.39 is 34.0 Å². The van der Waals surface area contributed by atoms with Gasteiger partial charge in [0.15, 0.2) is 0 Å². The average molecular weight is 518 g/mol. The van der Waals surface area contributed by atoms with Gasteiger partial charge in [0, 0.05) is 30.4 Å². The topological polar surface area (TPSA) is 94.6 Å². The summed E-state index contributed by atoms with van der Waals surface area (Å²) in [6.45, 7) is 6.53. The number of anilines is 1. The third kappa shape index (κ3) is 6.71. The van der Waals surface area contributed by atoms with Crippen LogP contribution in [0.25, 0.3) is 0 Å². The largest absolute Gasteiger partial charge is 0.325 e. The minimum absolute atomic E-state index is 0.127. The average Bonchev–Trinajstić information content (AvgIpc) is 3.29. The maximum absolute atomic E-state index is 13.5. The van der Waals surface area contributed by atoms with Gasteiger partial charge in [-0.1, -0.05) is 25.4 Å². The number of rotatable bonds is 10. The van der Waals surface area contributed by atoms with Crippen molar-refractivity contribution in [1.29, 1.82) is 0 Å². The molecule has 1 fully saturated rings. The molecule has 0 saturated carbocycles. The fourth-order valence-corrected chi connectivity index (χ4v) is 6.38. The Morgan fingerprint density at radius 1 is 1.33 bits per heavy atom. The van der Waals surface area contributed by atoms with Crippen LogP contribution in [0.5, 0.6) is 0 Å². The Balaban J connectivity index is 1.85. The van der Waals surface area contributed by atoms with Crippen LogP contribution in [0.4, 0.5) is 10.1 Å². The number of thiazole rings is 1. The number of hydrogen-bond acceptors (Lipinski definition) is 6. The standard InChI is InChI=1S/C21H29ClFN5O3S2/c1-3-8-27(9-4-2)10-11-28-19(20(29)25-15-5-6-17(23)16(22)13-15)14-18(26-33(28,30)31)21-24-7-12-32-21/h5-7,12-13,18-19,26H,3-4,8-11,14H2,1-2H3,(H,25,29). The molecule has 0 bridgehead atoms. The first-order valence-corrected chi connectivity index (χ1v) is 13.6. The zero-order valence-electron chi connectivity index (χ0n) is 18.6. The van der Waals surface area contributed by atoms with Crippen molar-refractivity contribution in [2.24, 2.45) is 0 Å². The van der Waals surface area contributed by atoms with Crippen LogP contribution in [0.3, 0.4) is 0 Å². The van der Waals surface area contributed by atoms with Gasteiger partial charge in [0.1, 0.15) is 16.9 Å². The summed E-state index contributed by atoms with van der Waals surface area (Å²) >= 11 is 7.17. The van der Waals surface area contributed by atoms with Crippen LogP contribution in [0.2, 0.25) is 5.02 Å². The number of amides is 1. The summed E-state index contributed by atoms with van der Waals surface area (Å²) in [7, 11) is -3.95. The molecule has 1 aromatic carbocycles. The summed E-state index contributed by atoms with van der Waals surface area (Å²) in [5, 5.41) is 4.93. The monoisotopic (exact) mass is 517 g/mol. The second-order valence-electron chi connectivity index (χ2n) is 7.87. The first kappa shape index (κ1) is 26.0. The fraction of sp³-hybridized carbons (Fsp3) is 0.524. The second kappa shape index (κ2) is 11.7. The molecule has 2 unspecified atom stereocenters. The van der Waals surface area contributed by atoms with Gasteiger partial charge in [-0.2, -0.15) is 17.4 Å². The Morgan fingerprint density at radius 2 is 2.06 bits per heavy atom. The van der Waals surface area contributed by atoms with Crippen LogP contribution in [-0.2, 0) is 15.0 Å². The molecule has 182 valence electrons. The van der Waals surface area contributed by atoms with Gasteiger partial charge in [-0.3, -0.25) is 4.79 Å². The summed E-state index contributed by atoms with van der Waals surface area (Å²) in [6, 6.07) is 2.28. The van der Waals surface area contributed by atoms with Gasteiger partial charge in [-0.05, 0) is 50.6 Å². The van der Waals surface area contributed by atoms with Crippen molar-refractivity contribution in [3.8, 4) is 0 Å². The van der Waals surface area contributed by atoms with Crippen molar-refractivity contribution in [2.45, 2.75) is 45.2 Å². The molecule has 8 nitrogen and oxygen atoms in total. The maximum atomic E-state index is 13.5. The van der Waals surface area contributed by atoms with Crippen molar-refractivity contribution in [3.05, 3.63) is 45.6 Å². The van der Waals surface area contributed by atoms with Crippen LogP contribution in [0.1, 0.15) is 44.2 Å². The van der Waals surface area contributed by atoms with Gasteiger partial charge in [-0.25, -0.2) is 9.37 Å². The molecular weight excluding hydrogens is 489 g/mol. The summed E-state index contributed by atoms with van der Waals surface area (Å²) in [5.41, 5.74) is 0.298. The molecule has 1 saturated heterocycles. The molecule has 3 rings (SSSR count). The molecule has 1 aliphatic rings. The number of nitrogens with zero attached hydrogens (tertiary/aromatic N) is 3. The number of hydrogen-bond donors (Lipinski definition) is 2. The lowest BCUT2D eigenvalue weighted by molar-refractivity contribution is -0.120. The minimum atomic E-state index is -3.95. The number of nitrogens with one attached hydrogen (secondary N) is 2. The summed E-state index contributed by atoms with van der Waals surface area (Å²) < 4.78 is 43.8. The zero-order valence-corrected chi connectivity index (χ0v) is 21.0. The predicted molar refractivity (Wildman–Crippen MR) is 129 cm³/mol. The van der Waals surface area contributed by atoms with Crippen LogP contribution in [-0.4, -0.2) is 60.7 Å². The SMILES string of the molecule is CCCN(CCC)CCN1C(C(=O)Nc2ccc(F)c(Cl)c2)CC(c2nccs2)NS1(=O)=O. The van der Waals surface area contributed by atoms with Crippen LogP contribution < -0.4 is 10.0 Å². The molecule has 2 atom stereocenters. The molecule has 0 radical (unpaired) electrons. The number of benzene rings is 1. The van der Waals surface area contributed by atoms with Crippen molar-refractivity contribution in [3.63, 3.8) is 0 Å². The van der Waals surface area contributed by atoms with Crippen LogP contribution in [0, 0.1) is 5.82 Å². The summed E-state index contributed by atoms with van der Waals surface area (Å²) in [4.78, 5) is 19.7. The Kier molecular flexibility index (Phi) is 9.19. The minimum Gasteiger partial charge on any atom is -0.325 e. The molecule has 0 spiro atoms. The van der Waals surface area contributed by atoms with Gasteiger partial charge in [0.25, 0.3) is 10.2 Å². The Morgan fingerprint density at radius 3 is 2.67 bits per heavy atom. The van der Waals surface area contributed by atoms with E-state index >= 15 is 0 Å². The summed E-state index contributed by atoms with van der Waals surface area (Å²) in [5.74, 6) is -1.10. The predicted octanol–water partition coefficient (Wildman–Crippen LogP) is 3.65. The molecule has 1 aromatic heterocycles. The number of aromatic nitrogens is 1. The smallest absolute Gasteiger partial charge is 0.280 e. The molecule has 2 aromatic rings. The fourth-order valence-electron chi connectivity index (χ4n) is 3.88. The van der Waals surface area contributed by atoms with E-state index in [9.17, 15) is 17.6 Å². The molecule has 0 aliphatic carbocycles. The van der Waals surface area contributed by atoms with E-state index in [4.69, 9.17) is 11.6 Å². The first-order chi connectivity index (χ1) is 15.7. The van der Waals surface area contributed by atoms with Gasteiger partial charge in [0.2, 0.25) is 5.91 Å². The van der Waals surface area contributed by atoms with E-state index in [1.807, 2.05) is 0 Å². The number of carbonyl (C=O) groups excluding carboxylic acids is 1. The molecule has 1 aliphatic heterocycles. The van der Waals surface area contributed by atoms with Crippen molar-refractivity contribution in [2.75, 3.05) is 31.5 Å². The third-order valence-electron chi connectivity index (χ3n) is 5.36. The lowest BCUT2D eigenvalue weighted by Gasteiger charge is -2.38. The molecule has 12 heteroatoms. The van der Waals surface area contributed by atoms with E-state index in [0.717, 1.165) is 32.0 Å². The molecular formula is C21H29ClFN5O3S2. The van der Waals surface area contributed by atoms with Crippen LogP contribution >= 0.6 is 22.9 Å². The highest BCUT2D eigenvalue weighted by atomic mass is 35.5. The molecule has 33 heavy (non-hydrogen) atoms. The highest BCUT2D eigenvalue weighted by Gasteiger charge is 2.43. The molecule has 2 N–H and O–H groups in total. The number of halogens is 2. The van der Waals surface area contributed by atoms with Gasteiger partial charge in [0.05, 0.1) is 11.1 Å². The van der Waals surface area contributed by atoms with Crippen molar-refractivity contribution < 1.29 is 17.6 Å². The van der Waals surface area contributed by atoms with E-state index in [2.05, 4.69) is 33.8 Å². The summed E-state index contributed by atoms with van der Waals surface area (Å²) in [6.07, 6.45) is 3.72. The second-order valence-corrected chi connectivity index (χ2v) is 10.9. The highest BCUT2D eigenvalue weighted by Crippen LogP contribution is 2.30. The Bertz CT molecular complexity index is 1030. The van der Waals surface area contributed by atoms with Crippen molar-refractivity contribution >= 4 is 44.7 Å². The molecule has 2 heterocycles. The molecule has 1 amide bonds. The zero-order chi connectivity index (χ0) is 24.0. The first-order valence-electron chi connectivity index (χ1n) is 10.9. The van der Waals surface area contributed by atoms with Crippen molar-refractivity contribution in [1.82, 2.24) is 18.9 Å². The quantitative estimate of drug-likeness (QED) is 0.501. The van der Waals surface area contributed by atoms with Gasteiger partial charge < -0.3 is 10.2 Å². The van der Waals surface area contributed by atoms with E-state index in [-0.39, 0.29) is 18.0 Å². The van der Waals surface area contributed by atoms with Gasteiger partial charge >= 0.3 is 0 Å².